The number of nitrogens with two attached hydrogens (primary N) is 1. The monoisotopic (exact) mass is 369 g/mol. The molecule has 0 aliphatic rings. The molecule has 0 bridgehead atoms. The van der Waals surface area contributed by atoms with Gasteiger partial charge >= 0.3 is 0 Å². The second-order valence-electron chi connectivity index (χ2n) is 4.27. The first-order valence-corrected chi connectivity index (χ1v) is 7.23. The Balaban J connectivity index is 2.25. The topological polar surface area (TPSA) is 61.5 Å². The number of amides is 1. The predicted octanol–water partition coefficient (Wildman–Crippen LogP) is 3.79. The van der Waals surface area contributed by atoms with Gasteiger partial charge in [-0.3, -0.25) is 4.79 Å². The van der Waals surface area contributed by atoms with Gasteiger partial charge in [0, 0.05) is 10.0 Å². The number of hydrogen-bond donors (Lipinski definition) is 1. The lowest BCUT2D eigenvalue weighted by atomic mass is 10.2. The summed E-state index contributed by atoms with van der Waals surface area (Å²) >= 11 is 9.53. The van der Waals surface area contributed by atoms with E-state index in [-0.39, 0.29) is 10.6 Å². The van der Waals surface area contributed by atoms with Crippen molar-refractivity contribution in [2.75, 3.05) is 7.11 Å². The van der Waals surface area contributed by atoms with E-state index in [2.05, 4.69) is 15.9 Å². The molecule has 0 radical (unpaired) electrons. The Kier molecular flexibility index (Phi) is 5.09. The molecule has 1 amide bonds. The van der Waals surface area contributed by atoms with Crippen molar-refractivity contribution < 1.29 is 14.3 Å². The molecule has 0 saturated heterocycles. The summed E-state index contributed by atoms with van der Waals surface area (Å²) in [7, 11) is 1.47. The summed E-state index contributed by atoms with van der Waals surface area (Å²) in [5.74, 6) is 0.171. The van der Waals surface area contributed by atoms with Crippen LogP contribution in [0.25, 0.3) is 0 Å². The average molecular weight is 371 g/mol. The minimum Gasteiger partial charge on any atom is -0.493 e. The fourth-order valence-electron chi connectivity index (χ4n) is 1.78. The van der Waals surface area contributed by atoms with Gasteiger partial charge in [0.2, 0.25) is 5.91 Å². The van der Waals surface area contributed by atoms with Crippen molar-refractivity contribution in [3.8, 4) is 11.5 Å². The van der Waals surface area contributed by atoms with Gasteiger partial charge in [0.15, 0.2) is 11.5 Å². The SMILES string of the molecule is COc1cc(C(N)=O)cc(Cl)c1OCc1cccc(Br)c1. The molecule has 2 aromatic carbocycles. The van der Waals surface area contributed by atoms with Crippen molar-refractivity contribution in [2.24, 2.45) is 5.73 Å². The van der Waals surface area contributed by atoms with E-state index in [0.29, 0.717) is 18.1 Å². The highest BCUT2D eigenvalue weighted by atomic mass is 79.9. The van der Waals surface area contributed by atoms with Crippen LogP contribution in [0, 0.1) is 0 Å². The van der Waals surface area contributed by atoms with Crippen LogP contribution in [0.3, 0.4) is 0 Å². The summed E-state index contributed by atoms with van der Waals surface area (Å²) in [6, 6.07) is 10.7. The van der Waals surface area contributed by atoms with Gasteiger partial charge in [-0.1, -0.05) is 39.7 Å². The Morgan fingerprint density at radius 3 is 2.71 bits per heavy atom. The number of methoxy groups -OCH3 is 1. The maximum Gasteiger partial charge on any atom is 0.248 e. The number of benzene rings is 2. The van der Waals surface area contributed by atoms with Crippen LogP contribution in [-0.4, -0.2) is 13.0 Å². The second-order valence-corrected chi connectivity index (χ2v) is 5.60. The summed E-state index contributed by atoms with van der Waals surface area (Å²) in [5, 5.41) is 0.276. The number of carbonyl (C=O) groups is 1. The van der Waals surface area contributed by atoms with Crippen LogP contribution in [0.5, 0.6) is 11.5 Å². The van der Waals surface area contributed by atoms with Crippen molar-refractivity contribution in [3.63, 3.8) is 0 Å². The third kappa shape index (κ3) is 3.89. The molecule has 0 aliphatic heterocycles. The molecule has 4 nitrogen and oxygen atoms in total. The molecule has 0 saturated carbocycles. The van der Waals surface area contributed by atoms with Gasteiger partial charge in [0.25, 0.3) is 0 Å². The van der Waals surface area contributed by atoms with E-state index in [4.69, 9.17) is 26.8 Å². The Hall–Kier alpha value is -1.72. The molecule has 2 N–H and O–H groups in total. The predicted molar refractivity (Wildman–Crippen MR) is 85.0 cm³/mol. The Bertz CT molecular complexity index is 676. The number of ether oxygens (including phenoxy) is 2. The lowest BCUT2D eigenvalue weighted by Crippen LogP contribution is -2.11. The minimum absolute atomic E-state index is 0.270. The standard InChI is InChI=1S/C15H13BrClNO3/c1-20-13-7-10(15(18)19)6-12(17)14(13)21-8-9-3-2-4-11(16)5-9/h2-7H,8H2,1H3,(H2,18,19). The zero-order valence-electron chi connectivity index (χ0n) is 11.2. The van der Waals surface area contributed by atoms with Crippen molar-refractivity contribution in [1.82, 2.24) is 0 Å². The molecule has 21 heavy (non-hydrogen) atoms. The lowest BCUT2D eigenvalue weighted by Gasteiger charge is -2.13. The summed E-state index contributed by atoms with van der Waals surface area (Å²) in [6.45, 7) is 0.325. The van der Waals surface area contributed by atoms with Crippen molar-refractivity contribution in [1.29, 1.82) is 0 Å². The lowest BCUT2D eigenvalue weighted by molar-refractivity contribution is 0.1000. The van der Waals surface area contributed by atoms with E-state index in [0.717, 1.165) is 10.0 Å². The molecule has 0 atom stereocenters. The van der Waals surface area contributed by atoms with E-state index < -0.39 is 5.91 Å². The van der Waals surface area contributed by atoms with Crippen molar-refractivity contribution >= 4 is 33.4 Å². The molecular formula is C15H13BrClNO3. The Labute approximate surface area is 135 Å². The number of hydrogen-bond acceptors (Lipinski definition) is 3. The molecule has 0 unspecified atom stereocenters. The Morgan fingerprint density at radius 2 is 2.10 bits per heavy atom. The molecule has 110 valence electrons. The number of primary amides is 1. The van der Waals surface area contributed by atoms with Crippen molar-refractivity contribution in [2.45, 2.75) is 6.61 Å². The molecule has 2 aromatic rings. The first-order chi connectivity index (χ1) is 10.0. The zero-order valence-corrected chi connectivity index (χ0v) is 13.6. The van der Waals surface area contributed by atoms with Crippen LogP contribution < -0.4 is 15.2 Å². The summed E-state index contributed by atoms with van der Waals surface area (Å²) in [4.78, 5) is 11.2. The summed E-state index contributed by atoms with van der Waals surface area (Å²) in [5.41, 5.74) is 6.48. The van der Waals surface area contributed by atoms with Gasteiger partial charge in [-0.15, -0.1) is 0 Å². The van der Waals surface area contributed by atoms with E-state index in [1.165, 1.54) is 19.2 Å². The third-order valence-corrected chi connectivity index (χ3v) is 3.56. The first kappa shape index (κ1) is 15.7. The maximum absolute atomic E-state index is 11.2. The highest BCUT2D eigenvalue weighted by Gasteiger charge is 2.14. The number of carbonyl (C=O) groups excluding carboxylic acids is 1. The van der Waals surface area contributed by atoms with Crippen LogP contribution in [0.4, 0.5) is 0 Å². The molecular weight excluding hydrogens is 358 g/mol. The fraction of sp³-hybridized carbons (Fsp3) is 0.133. The average Bonchev–Trinajstić information content (AvgIpc) is 2.45. The van der Waals surface area contributed by atoms with Gasteiger partial charge in [-0.05, 0) is 29.8 Å². The molecule has 0 aromatic heterocycles. The van der Waals surface area contributed by atoms with Crippen LogP contribution in [-0.2, 0) is 6.61 Å². The van der Waals surface area contributed by atoms with Crippen LogP contribution >= 0.6 is 27.5 Å². The molecule has 0 aliphatic carbocycles. The first-order valence-electron chi connectivity index (χ1n) is 6.06. The van der Waals surface area contributed by atoms with E-state index in [1.807, 2.05) is 24.3 Å². The minimum atomic E-state index is -0.575. The summed E-state index contributed by atoms with van der Waals surface area (Å²) in [6.07, 6.45) is 0. The van der Waals surface area contributed by atoms with Gasteiger partial charge in [-0.25, -0.2) is 0 Å². The van der Waals surface area contributed by atoms with Gasteiger partial charge in [0.1, 0.15) is 6.61 Å². The second kappa shape index (κ2) is 6.83. The van der Waals surface area contributed by atoms with E-state index in [9.17, 15) is 4.79 Å². The normalized spacial score (nSPS) is 10.2. The quantitative estimate of drug-likeness (QED) is 0.871. The maximum atomic E-state index is 11.2. The molecule has 0 heterocycles. The van der Waals surface area contributed by atoms with Gasteiger partial charge in [-0.2, -0.15) is 0 Å². The molecule has 2 rings (SSSR count). The smallest absolute Gasteiger partial charge is 0.248 e. The van der Waals surface area contributed by atoms with E-state index >= 15 is 0 Å². The van der Waals surface area contributed by atoms with Gasteiger partial charge in [0.05, 0.1) is 12.1 Å². The highest BCUT2D eigenvalue weighted by Crippen LogP contribution is 2.36. The number of rotatable bonds is 5. The van der Waals surface area contributed by atoms with Crippen LogP contribution in [0.2, 0.25) is 5.02 Å². The largest absolute Gasteiger partial charge is 0.493 e. The summed E-state index contributed by atoms with van der Waals surface area (Å²) < 4.78 is 11.9. The highest BCUT2D eigenvalue weighted by molar-refractivity contribution is 9.10. The molecule has 6 heteroatoms. The molecule has 0 fully saturated rings. The number of halogens is 2. The van der Waals surface area contributed by atoms with Crippen LogP contribution in [0.1, 0.15) is 15.9 Å². The Morgan fingerprint density at radius 1 is 1.33 bits per heavy atom. The third-order valence-electron chi connectivity index (χ3n) is 2.79. The zero-order chi connectivity index (χ0) is 15.4. The van der Waals surface area contributed by atoms with Gasteiger partial charge < -0.3 is 15.2 Å². The van der Waals surface area contributed by atoms with E-state index in [1.54, 1.807) is 0 Å². The van der Waals surface area contributed by atoms with Crippen molar-refractivity contribution in [3.05, 3.63) is 57.0 Å². The fourth-order valence-corrected chi connectivity index (χ4v) is 2.50. The molecule has 0 spiro atoms. The van der Waals surface area contributed by atoms with Crippen LogP contribution in [0.15, 0.2) is 40.9 Å².